The third kappa shape index (κ3) is 23.2. The van der Waals surface area contributed by atoms with Gasteiger partial charge in [-0.05, 0) is 6.42 Å². The van der Waals surface area contributed by atoms with E-state index in [1.807, 2.05) is 0 Å². The van der Waals surface area contributed by atoms with Gasteiger partial charge in [0.25, 0.3) is 0 Å². The molecule has 280 valence electrons. The molecule has 1 saturated heterocycles. The molecule has 0 saturated carbocycles. The Labute approximate surface area is 284 Å². The summed E-state index contributed by atoms with van der Waals surface area (Å²) in [4.78, 5) is 11.6. The molecule has 0 aromatic carbocycles. The summed E-state index contributed by atoms with van der Waals surface area (Å²) in [6.45, 7) is 2.97. The molecule has 12 nitrogen and oxygen atoms in total. The van der Waals surface area contributed by atoms with Crippen molar-refractivity contribution in [1.29, 1.82) is 0 Å². The van der Waals surface area contributed by atoms with E-state index in [9.17, 15) is 28.5 Å². The van der Waals surface area contributed by atoms with Crippen molar-refractivity contribution in [3.8, 4) is 0 Å². The summed E-state index contributed by atoms with van der Waals surface area (Å²) >= 11 is 0. The molecule has 0 aromatic heterocycles. The second-order valence-electron chi connectivity index (χ2n) is 12.9. The van der Waals surface area contributed by atoms with E-state index >= 15 is 0 Å². The fraction of sp³-hybridized carbons (Fsp3) is 0.971. The quantitative estimate of drug-likeness (QED) is 0.0390. The predicted molar refractivity (Wildman–Crippen MR) is 179 cm³/mol. The van der Waals surface area contributed by atoms with Gasteiger partial charge in [-0.25, -0.2) is 4.18 Å². The van der Waals surface area contributed by atoms with E-state index in [2.05, 4.69) is 11.1 Å². The minimum Gasteiger partial charge on any atom is -0.458 e. The lowest BCUT2D eigenvalue weighted by Crippen LogP contribution is -2.60. The van der Waals surface area contributed by atoms with Gasteiger partial charge in [-0.3, -0.25) is 9.35 Å². The van der Waals surface area contributed by atoms with Crippen LogP contribution in [0, 0.1) is 0 Å². The molecule has 1 rings (SSSR count). The topological polar surface area (TPSA) is 178 Å². The molecule has 1 heterocycles. The maximum absolute atomic E-state index is 11.6. The maximum Gasteiger partial charge on any atom is 0.397 e. The maximum atomic E-state index is 11.6. The number of aliphatic hydroxyl groups is 3. The lowest BCUT2D eigenvalue weighted by atomic mass is 9.99. The average molecular weight is 699 g/mol. The molecule has 1 aliphatic rings. The molecule has 0 spiro atoms. The number of hydrogen-bond donors (Lipinski definition) is 4. The first-order valence-electron chi connectivity index (χ1n) is 18.2. The van der Waals surface area contributed by atoms with Crippen molar-refractivity contribution >= 4 is 16.4 Å². The number of rotatable bonds is 31. The van der Waals surface area contributed by atoms with Crippen molar-refractivity contribution in [3.63, 3.8) is 0 Å². The van der Waals surface area contributed by atoms with Gasteiger partial charge < -0.3 is 34.3 Å². The first-order valence-corrected chi connectivity index (χ1v) is 19.6. The molecule has 0 radical (unpaired) electrons. The monoisotopic (exact) mass is 698 g/mol. The molecule has 0 aromatic rings. The number of aliphatic hydroxyl groups excluding tert-OH is 3. The number of ether oxygens (including phenoxy) is 4. The first-order chi connectivity index (χ1) is 22.6. The van der Waals surface area contributed by atoms with Crippen molar-refractivity contribution in [2.45, 2.75) is 185 Å². The second kappa shape index (κ2) is 27.9. The van der Waals surface area contributed by atoms with E-state index in [1.165, 1.54) is 122 Å². The third-order valence-electron chi connectivity index (χ3n) is 8.53. The highest BCUT2D eigenvalue weighted by molar-refractivity contribution is 7.80. The van der Waals surface area contributed by atoms with Gasteiger partial charge in [0.05, 0.1) is 19.8 Å². The van der Waals surface area contributed by atoms with Crippen molar-refractivity contribution in [2.24, 2.45) is 0 Å². The van der Waals surface area contributed by atoms with Gasteiger partial charge in [0.2, 0.25) is 0 Å². The fourth-order valence-corrected chi connectivity index (χ4v) is 6.36. The van der Waals surface area contributed by atoms with Crippen LogP contribution in [0.2, 0.25) is 0 Å². The van der Waals surface area contributed by atoms with Crippen LogP contribution in [0.5, 0.6) is 0 Å². The molecule has 13 heteroatoms. The SMILES string of the molecule is CCCCCCCCCCCCCCCCCCCCCCCOCC(COC1OC(CO)C(O)C(OS(=O)(=O)O)C1O)OC(C)=O. The van der Waals surface area contributed by atoms with Crippen LogP contribution in [-0.2, 0) is 38.3 Å². The Morgan fingerprint density at radius 3 is 1.57 bits per heavy atom. The van der Waals surface area contributed by atoms with Crippen LogP contribution in [0.25, 0.3) is 0 Å². The summed E-state index contributed by atoms with van der Waals surface area (Å²) in [7, 11) is -5.03. The standard InChI is InChI=1S/C34H66O12S/c1-3-4-5-6-7-8-9-10-11-12-13-14-15-16-17-18-19-20-21-22-23-24-42-26-29(44-28(2)36)27-43-34-32(38)33(46-47(39,40)41)31(37)30(25-35)45-34/h29-35,37-38H,3-27H2,1-2H3,(H,39,40,41). The van der Waals surface area contributed by atoms with Crippen LogP contribution in [0.15, 0.2) is 0 Å². The third-order valence-corrected chi connectivity index (χ3v) is 8.99. The highest BCUT2D eigenvalue weighted by Gasteiger charge is 2.48. The molecule has 1 fully saturated rings. The van der Waals surface area contributed by atoms with Crippen LogP contribution >= 0.6 is 0 Å². The highest BCUT2D eigenvalue weighted by Crippen LogP contribution is 2.26. The fourth-order valence-electron chi connectivity index (χ4n) is 5.85. The Bertz CT molecular complexity index is 858. The first kappa shape index (κ1) is 44.1. The van der Waals surface area contributed by atoms with Crippen molar-refractivity contribution in [2.75, 3.05) is 26.4 Å². The average Bonchev–Trinajstić information content (AvgIpc) is 3.02. The van der Waals surface area contributed by atoms with Crippen LogP contribution < -0.4 is 0 Å². The molecule has 6 atom stereocenters. The van der Waals surface area contributed by atoms with Crippen LogP contribution in [0.4, 0.5) is 0 Å². The van der Waals surface area contributed by atoms with Gasteiger partial charge >= 0.3 is 16.4 Å². The summed E-state index contributed by atoms with van der Waals surface area (Å²) < 4.78 is 57.3. The molecule has 47 heavy (non-hydrogen) atoms. The lowest BCUT2D eigenvalue weighted by Gasteiger charge is -2.41. The Morgan fingerprint density at radius 1 is 0.723 bits per heavy atom. The summed E-state index contributed by atoms with van der Waals surface area (Å²) in [5.74, 6) is -0.572. The number of hydrogen-bond acceptors (Lipinski definition) is 11. The predicted octanol–water partition coefficient (Wildman–Crippen LogP) is 5.79. The smallest absolute Gasteiger partial charge is 0.397 e. The van der Waals surface area contributed by atoms with Crippen LogP contribution in [0.3, 0.4) is 0 Å². The largest absolute Gasteiger partial charge is 0.458 e. The number of esters is 1. The Kier molecular flexibility index (Phi) is 26.2. The molecule has 0 amide bonds. The van der Waals surface area contributed by atoms with E-state index in [0.717, 1.165) is 19.3 Å². The van der Waals surface area contributed by atoms with Crippen molar-refractivity contribution < 1.29 is 56.2 Å². The molecule has 6 unspecified atom stereocenters. The van der Waals surface area contributed by atoms with Gasteiger partial charge in [0.1, 0.15) is 30.5 Å². The van der Waals surface area contributed by atoms with Crippen LogP contribution in [-0.4, -0.2) is 97.5 Å². The molecule has 0 aliphatic carbocycles. The van der Waals surface area contributed by atoms with E-state index in [1.54, 1.807) is 0 Å². The molecule has 0 bridgehead atoms. The number of unbranched alkanes of at least 4 members (excludes halogenated alkanes) is 20. The molecule has 1 aliphatic heterocycles. The molecular formula is C34H66O12S. The zero-order valence-electron chi connectivity index (χ0n) is 29.1. The summed E-state index contributed by atoms with van der Waals surface area (Å²) in [6.07, 6.45) is 18.4. The second-order valence-corrected chi connectivity index (χ2v) is 14.0. The van der Waals surface area contributed by atoms with E-state index in [4.69, 9.17) is 23.5 Å². The minimum absolute atomic E-state index is 0.0264. The number of carbonyl (C=O) groups excluding carboxylic acids is 1. The molecule has 4 N–H and O–H groups in total. The summed E-state index contributed by atoms with van der Waals surface area (Å²) in [6, 6.07) is 0. The lowest BCUT2D eigenvalue weighted by molar-refractivity contribution is -0.301. The van der Waals surface area contributed by atoms with Crippen molar-refractivity contribution in [1.82, 2.24) is 0 Å². The van der Waals surface area contributed by atoms with Crippen LogP contribution in [0.1, 0.15) is 149 Å². The minimum atomic E-state index is -5.03. The normalized spacial score (nSPS) is 22.4. The van der Waals surface area contributed by atoms with Gasteiger partial charge in [0, 0.05) is 13.5 Å². The van der Waals surface area contributed by atoms with E-state index < -0.39 is 59.8 Å². The Hall–Kier alpha value is -0.900. The van der Waals surface area contributed by atoms with Crippen molar-refractivity contribution in [3.05, 3.63) is 0 Å². The van der Waals surface area contributed by atoms with E-state index in [-0.39, 0.29) is 13.2 Å². The van der Waals surface area contributed by atoms with Gasteiger partial charge in [0.15, 0.2) is 6.29 Å². The van der Waals surface area contributed by atoms with Gasteiger partial charge in [-0.1, -0.05) is 135 Å². The zero-order valence-corrected chi connectivity index (χ0v) is 29.9. The highest BCUT2D eigenvalue weighted by atomic mass is 32.3. The van der Waals surface area contributed by atoms with Gasteiger partial charge in [-0.15, -0.1) is 0 Å². The summed E-state index contributed by atoms with van der Waals surface area (Å²) in [5.41, 5.74) is 0. The Balaban J connectivity index is 2.07. The Morgan fingerprint density at radius 2 is 1.17 bits per heavy atom. The van der Waals surface area contributed by atoms with E-state index in [0.29, 0.717) is 6.61 Å². The van der Waals surface area contributed by atoms with Gasteiger partial charge in [-0.2, -0.15) is 8.42 Å². The zero-order chi connectivity index (χ0) is 34.8. The number of carbonyl (C=O) groups is 1. The molecular weight excluding hydrogens is 632 g/mol. The summed E-state index contributed by atoms with van der Waals surface area (Å²) in [5, 5.41) is 30.0.